The fourth-order valence-electron chi connectivity index (χ4n) is 2.81. The Morgan fingerprint density at radius 2 is 1.85 bits per heavy atom. The molecular weight excluding hydrogens is 438 g/mol. The highest BCUT2D eigenvalue weighted by molar-refractivity contribution is 9.10. The Kier molecular flexibility index (Phi) is 5.59. The van der Waals surface area contributed by atoms with Crippen LogP contribution in [-0.4, -0.2) is 36.6 Å². The predicted molar refractivity (Wildman–Crippen MR) is 103 cm³/mol. The van der Waals surface area contributed by atoms with Gasteiger partial charge >= 0.3 is 0 Å². The Bertz CT molecular complexity index is 1000. The molecule has 8 nitrogen and oxygen atoms in total. The van der Waals surface area contributed by atoms with E-state index in [1.165, 1.54) is 46.8 Å². The minimum absolute atomic E-state index is 0.0242. The Hall–Kier alpha value is -2.30. The van der Waals surface area contributed by atoms with Gasteiger partial charge in [-0.1, -0.05) is 6.07 Å². The summed E-state index contributed by atoms with van der Waals surface area (Å²) in [6.45, 7) is 0.914. The third kappa shape index (κ3) is 4.18. The SMILES string of the molecule is O=C(Nc1cccc([N+](=O)[O-])c1)c1ccc(Br)c(S(=O)(=O)N2CCCC2)c1. The van der Waals surface area contributed by atoms with E-state index in [4.69, 9.17) is 0 Å². The minimum atomic E-state index is -3.70. The number of hydrogen-bond acceptors (Lipinski definition) is 5. The molecule has 27 heavy (non-hydrogen) atoms. The van der Waals surface area contributed by atoms with Crippen LogP contribution in [0.15, 0.2) is 51.8 Å². The normalized spacial score (nSPS) is 14.9. The third-order valence-corrected chi connectivity index (χ3v) is 7.08. The van der Waals surface area contributed by atoms with E-state index in [-0.39, 0.29) is 21.8 Å². The molecule has 0 atom stereocenters. The molecule has 0 aromatic heterocycles. The van der Waals surface area contributed by atoms with Crippen LogP contribution in [0.3, 0.4) is 0 Å². The summed E-state index contributed by atoms with van der Waals surface area (Å²) in [5, 5.41) is 13.4. The molecule has 1 saturated heterocycles. The standard InChI is InChI=1S/C17H16BrN3O5S/c18-15-7-6-12(10-16(15)27(25,26)20-8-1-2-9-20)17(22)19-13-4-3-5-14(11-13)21(23)24/h3-7,10-11H,1-2,8-9H2,(H,19,22). The van der Waals surface area contributed by atoms with Crippen LogP contribution in [0.5, 0.6) is 0 Å². The van der Waals surface area contributed by atoms with Gasteiger partial charge in [-0.2, -0.15) is 4.31 Å². The molecule has 0 spiro atoms. The molecule has 2 aromatic carbocycles. The maximum absolute atomic E-state index is 12.8. The maximum atomic E-state index is 12.8. The fraction of sp³-hybridized carbons (Fsp3) is 0.235. The van der Waals surface area contributed by atoms with Gasteiger partial charge in [-0.25, -0.2) is 8.42 Å². The number of anilines is 1. The Labute approximate surface area is 164 Å². The number of nitrogens with zero attached hydrogens (tertiary/aromatic N) is 2. The van der Waals surface area contributed by atoms with Gasteiger partial charge in [0.15, 0.2) is 0 Å². The fourth-order valence-corrected chi connectivity index (χ4v) is 5.28. The predicted octanol–water partition coefficient (Wildman–Crippen LogP) is 3.39. The molecule has 0 radical (unpaired) electrons. The van der Waals surface area contributed by atoms with Gasteiger partial charge in [0.05, 0.1) is 9.82 Å². The van der Waals surface area contributed by atoms with Gasteiger partial charge in [-0.15, -0.1) is 0 Å². The lowest BCUT2D eigenvalue weighted by Crippen LogP contribution is -2.28. The van der Waals surface area contributed by atoms with Gasteiger partial charge in [-0.05, 0) is 53.0 Å². The first-order valence-corrected chi connectivity index (χ1v) is 10.4. The first-order chi connectivity index (χ1) is 12.8. The van der Waals surface area contributed by atoms with Crippen molar-refractivity contribution in [1.82, 2.24) is 4.31 Å². The molecule has 142 valence electrons. The van der Waals surface area contributed by atoms with Crippen molar-refractivity contribution in [3.63, 3.8) is 0 Å². The molecule has 0 bridgehead atoms. The number of amides is 1. The van der Waals surface area contributed by atoms with E-state index in [2.05, 4.69) is 21.2 Å². The molecule has 2 aromatic rings. The Morgan fingerprint density at radius 1 is 1.15 bits per heavy atom. The number of halogens is 1. The average Bonchev–Trinajstić information content (AvgIpc) is 3.17. The highest BCUT2D eigenvalue weighted by Gasteiger charge is 2.29. The van der Waals surface area contributed by atoms with Crippen LogP contribution in [0.4, 0.5) is 11.4 Å². The average molecular weight is 454 g/mol. The van der Waals surface area contributed by atoms with E-state index in [0.717, 1.165) is 12.8 Å². The largest absolute Gasteiger partial charge is 0.322 e. The molecule has 3 rings (SSSR count). The van der Waals surface area contributed by atoms with Crippen molar-refractivity contribution in [3.8, 4) is 0 Å². The van der Waals surface area contributed by atoms with Crippen LogP contribution in [0.25, 0.3) is 0 Å². The maximum Gasteiger partial charge on any atom is 0.271 e. The van der Waals surface area contributed by atoms with Gasteiger partial charge in [0, 0.05) is 40.9 Å². The lowest BCUT2D eigenvalue weighted by Gasteiger charge is -2.17. The molecule has 1 N–H and O–H groups in total. The van der Waals surface area contributed by atoms with Crippen LogP contribution in [0, 0.1) is 10.1 Å². The number of nitro groups is 1. The van der Waals surface area contributed by atoms with Crippen LogP contribution in [0.1, 0.15) is 23.2 Å². The summed E-state index contributed by atoms with van der Waals surface area (Å²) in [7, 11) is -3.70. The van der Waals surface area contributed by atoms with Gasteiger partial charge < -0.3 is 5.32 Å². The highest BCUT2D eigenvalue weighted by Crippen LogP contribution is 2.29. The van der Waals surface area contributed by atoms with E-state index in [9.17, 15) is 23.3 Å². The zero-order valence-electron chi connectivity index (χ0n) is 14.1. The minimum Gasteiger partial charge on any atom is -0.322 e. The van der Waals surface area contributed by atoms with Gasteiger partial charge in [-0.3, -0.25) is 14.9 Å². The summed E-state index contributed by atoms with van der Waals surface area (Å²) in [6.07, 6.45) is 1.62. The quantitative estimate of drug-likeness (QED) is 0.550. The van der Waals surface area contributed by atoms with Crippen molar-refractivity contribution in [2.45, 2.75) is 17.7 Å². The number of nitrogens with one attached hydrogen (secondary N) is 1. The molecule has 0 aliphatic carbocycles. The summed E-state index contributed by atoms with van der Waals surface area (Å²) in [5.41, 5.74) is 0.240. The molecule has 10 heteroatoms. The summed E-state index contributed by atoms with van der Waals surface area (Å²) >= 11 is 3.24. The number of nitro benzene ring substituents is 1. The van der Waals surface area contributed by atoms with E-state index in [0.29, 0.717) is 17.6 Å². The number of rotatable bonds is 5. The van der Waals surface area contributed by atoms with Crippen molar-refractivity contribution in [1.29, 1.82) is 0 Å². The van der Waals surface area contributed by atoms with Crippen molar-refractivity contribution < 1.29 is 18.1 Å². The second kappa shape index (κ2) is 7.75. The summed E-state index contributed by atoms with van der Waals surface area (Å²) in [4.78, 5) is 22.8. The Balaban J connectivity index is 1.88. The molecule has 0 saturated carbocycles. The van der Waals surface area contributed by atoms with Gasteiger partial charge in [0.25, 0.3) is 11.6 Å². The van der Waals surface area contributed by atoms with Crippen LogP contribution >= 0.6 is 15.9 Å². The number of sulfonamides is 1. The zero-order chi connectivity index (χ0) is 19.6. The first-order valence-electron chi connectivity index (χ1n) is 8.14. The highest BCUT2D eigenvalue weighted by atomic mass is 79.9. The second-order valence-electron chi connectivity index (χ2n) is 6.02. The summed E-state index contributed by atoms with van der Waals surface area (Å²) < 4.78 is 27.4. The van der Waals surface area contributed by atoms with E-state index < -0.39 is 20.9 Å². The van der Waals surface area contributed by atoms with Gasteiger partial charge in [0.2, 0.25) is 10.0 Å². The van der Waals surface area contributed by atoms with Crippen LogP contribution < -0.4 is 5.32 Å². The number of carbonyl (C=O) groups is 1. The lowest BCUT2D eigenvalue weighted by molar-refractivity contribution is -0.384. The first kappa shape index (κ1) is 19.5. The van der Waals surface area contributed by atoms with Crippen molar-refractivity contribution in [2.75, 3.05) is 18.4 Å². The van der Waals surface area contributed by atoms with Crippen molar-refractivity contribution >= 4 is 43.2 Å². The molecule has 1 amide bonds. The molecule has 1 aliphatic heterocycles. The summed E-state index contributed by atoms with van der Waals surface area (Å²) in [6, 6.07) is 9.83. The van der Waals surface area contributed by atoms with Crippen molar-refractivity contribution in [2.24, 2.45) is 0 Å². The molecule has 1 fully saturated rings. The van der Waals surface area contributed by atoms with E-state index in [1.54, 1.807) is 0 Å². The molecule has 0 unspecified atom stereocenters. The number of non-ortho nitro benzene ring substituents is 1. The van der Waals surface area contributed by atoms with E-state index in [1.807, 2.05) is 0 Å². The Morgan fingerprint density at radius 3 is 2.52 bits per heavy atom. The monoisotopic (exact) mass is 453 g/mol. The number of carbonyl (C=O) groups excluding carboxylic acids is 1. The van der Waals surface area contributed by atoms with Crippen LogP contribution in [0.2, 0.25) is 0 Å². The number of hydrogen-bond donors (Lipinski definition) is 1. The second-order valence-corrected chi connectivity index (χ2v) is 8.78. The number of benzene rings is 2. The zero-order valence-corrected chi connectivity index (χ0v) is 16.5. The molecular formula is C17H16BrN3O5S. The van der Waals surface area contributed by atoms with E-state index >= 15 is 0 Å². The summed E-state index contributed by atoms with van der Waals surface area (Å²) in [5.74, 6) is -0.555. The van der Waals surface area contributed by atoms with Crippen LogP contribution in [-0.2, 0) is 10.0 Å². The third-order valence-electron chi connectivity index (χ3n) is 4.19. The smallest absolute Gasteiger partial charge is 0.271 e. The van der Waals surface area contributed by atoms with Gasteiger partial charge in [0.1, 0.15) is 0 Å². The molecule has 1 heterocycles. The molecule has 1 aliphatic rings. The topological polar surface area (TPSA) is 110 Å². The van der Waals surface area contributed by atoms with Crippen molar-refractivity contribution in [3.05, 3.63) is 62.6 Å². The lowest BCUT2D eigenvalue weighted by atomic mass is 10.2.